The van der Waals surface area contributed by atoms with Gasteiger partial charge in [-0.25, -0.2) is 0 Å². The van der Waals surface area contributed by atoms with Crippen LogP contribution in [0.4, 0.5) is 0 Å². The Hall–Kier alpha value is -0.260. The lowest BCUT2D eigenvalue weighted by Crippen LogP contribution is -1.90. The van der Waals surface area contributed by atoms with Gasteiger partial charge in [-0.3, -0.25) is 0 Å². The van der Waals surface area contributed by atoms with E-state index in [0.29, 0.717) is 0 Å². The van der Waals surface area contributed by atoms with Crippen LogP contribution in [0.2, 0.25) is 0 Å². The van der Waals surface area contributed by atoms with Gasteiger partial charge in [0, 0.05) is 0 Å². The van der Waals surface area contributed by atoms with E-state index in [2.05, 4.69) is 32.9 Å². The van der Waals surface area contributed by atoms with E-state index in [1.54, 1.807) is 0 Å². The number of hydrogen-bond acceptors (Lipinski definition) is 0. The fourth-order valence-corrected chi connectivity index (χ4v) is 1.57. The predicted molar refractivity (Wildman–Crippen MR) is 62.0 cm³/mol. The van der Waals surface area contributed by atoms with Crippen molar-refractivity contribution in [3.05, 3.63) is 12.2 Å². The van der Waals surface area contributed by atoms with Gasteiger partial charge in [0.1, 0.15) is 0 Å². The van der Waals surface area contributed by atoms with Crippen molar-refractivity contribution in [2.45, 2.75) is 65.7 Å². The van der Waals surface area contributed by atoms with Gasteiger partial charge in [-0.1, -0.05) is 58.6 Å². The SMILES string of the molecule is CCCCC/C=C/CC(C)CCC. The number of rotatable bonds is 8. The van der Waals surface area contributed by atoms with Gasteiger partial charge in [0.15, 0.2) is 0 Å². The Morgan fingerprint density at radius 1 is 1.00 bits per heavy atom. The third kappa shape index (κ3) is 9.66. The molecule has 1 atom stereocenters. The summed E-state index contributed by atoms with van der Waals surface area (Å²) < 4.78 is 0. The standard InChI is InChI=1S/C13H26/c1-4-6-7-8-9-10-12-13(3)11-5-2/h9-10,13H,4-8,11-12H2,1-3H3/b10-9+. The van der Waals surface area contributed by atoms with Gasteiger partial charge in [-0.15, -0.1) is 0 Å². The summed E-state index contributed by atoms with van der Waals surface area (Å²) in [7, 11) is 0. The maximum atomic E-state index is 2.37. The second-order valence-corrected chi connectivity index (χ2v) is 4.10. The van der Waals surface area contributed by atoms with E-state index in [4.69, 9.17) is 0 Å². The molecule has 0 saturated heterocycles. The summed E-state index contributed by atoms with van der Waals surface area (Å²) in [4.78, 5) is 0. The minimum atomic E-state index is 0.882. The zero-order chi connectivity index (χ0) is 9.94. The zero-order valence-electron chi connectivity index (χ0n) is 9.68. The summed E-state index contributed by atoms with van der Waals surface area (Å²) in [5, 5.41) is 0. The Bertz CT molecular complexity index is 113. The van der Waals surface area contributed by atoms with E-state index >= 15 is 0 Å². The predicted octanol–water partition coefficient (Wildman–Crippen LogP) is 4.95. The summed E-state index contributed by atoms with van der Waals surface area (Å²) in [6.45, 7) is 6.87. The molecule has 0 aromatic heterocycles. The highest BCUT2D eigenvalue weighted by molar-refractivity contribution is 4.82. The molecule has 13 heavy (non-hydrogen) atoms. The molecule has 0 N–H and O–H groups in total. The van der Waals surface area contributed by atoms with Crippen molar-refractivity contribution < 1.29 is 0 Å². The molecule has 0 radical (unpaired) electrons. The average molecular weight is 182 g/mol. The molecule has 0 nitrogen and oxygen atoms in total. The summed E-state index contributed by atoms with van der Waals surface area (Å²) in [5.74, 6) is 0.882. The topological polar surface area (TPSA) is 0 Å². The van der Waals surface area contributed by atoms with Crippen LogP contribution in [0.1, 0.15) is 65.7 Å². The van der Waals surface area contributed by atoms with E-state index < -0.39 is 0 Å². The third-order valence-corrected chi connectivity index (χ3v) is 2.46. The first kappa shape index (κ1) is 12.7. The van der Waals surface area contributed by atoms with Crippen LogP contribution in [0.25, 0.3) is 0 Å². The molecular formula is C13H26. The fraction of sp³-hybridized carbons (Fsp3) is 0.846. The summed E-state index contributed by atoms with van der Waals surface area (Å²) >= 11 is 0. The molecule has 0 saturated carbocycles. The van der Waals surface area contributed by atoms with Gasteiger partial charge in [0.25, 0.3) is 0 Å². The maximum absolute atomic E-state index is 2.37. The summed E-state index contributed by atoms with van der Waals surface area (Å²) in [6, 6.07) is 0. The zero-order valence-corrected chi connectivity index (χ0v) is 9.68. The molecule has 0 rings (SSSR count). The third-order valence-electron chi connectivity index (χ3n) is 2.46. The van der Waals surface area contributed by atoms with Crippen LogP contribution in [0.3, 0.4) is 0 Å². The molecule has 0 heteroatoms. The van der Waals surface area contributed by atoms with Gasteiger partial charge in [0.2, 0.25) is 0 Å². The Morgan fingerprint density at radius 2 is 1.77 bits per heavy atom. The second-order valence-electron chi connectivity index (χ2n) is 4.10. The van der Waals surface area contributed by atoms with Crippen LogP contribution in [-0.4, -0.2) is 0 Å². The van der Waals surface area contributed by atoms with Gasteiger partial charge < -0.3 is 0 Å². The molecule has 0 aliphatic heterocycles. The van der Waals surface area contributed by atoms with E-state index in [-0.39, 0.29) is 0 Å². The first-order valence-corrected chi connectivity index (χ1v) is 5.96. The van der Waals surface area contributed by atoms with Crippen molar-refractivity contribution in [3.63, 3.8) is 0 Å². The molecule has 0 amide bonds. The first-order chi connectivity index (χ1) is 6.31. The molecule has 0 aromatic carbocycles. The Morgan fingerprint density at radius 3 is 2.38 bits per heavy atom. The van der Waals surface area contributed by atoms with E-state index in [1.165, 1.54) is 44.9 Å². The normalized spacial score (nSPS) is 13.8. The monoisotopic (exact) mass is 182 g/mol. The van der Waals surface area contributed by atoms with Crippen molar-refractivity contribution in [1.82, 2.24) is 0 Å². The van der Waals surface area contributed by atoms with E-state index in [0.717, 1.165) is 5.92 Å². The number of hydrogen-bond donors (Lipinski definition) is 0. The molecule has 0 spiro atoms. The number of allylic oxidation sites excluding steroid dienone is 2. The van der Waals surface area contributed by atoms with Crippen LogP contribution >= 0.6 is 0 Å². The van der Waals surface area contributed by atoms with Crippen molar-refractivity contribution in [2.24, 2.45) is 5.92 Å². The van der Waals surface area contributed by atoms with Crippen molar-refractivity contribution in [3.8, 4) is 0 Å². The van der Waals surface area contributed by atoms with Crippen LogP contribution in [0.5, 0.6) is 0 Å². The molecule has 0 aliphatic rings. The lowest BCUT2D eigenvalue weighted by atomic mass is 10.0. The first-order valence-electron chi connectivity index (χ1n) is 5.96. The lowest BCUT2D eigenvalue weighted by Gasteiger charge is -2.04. The summed E-state index contributed by atoms with van der Waals surface area (Å²) in [5.41, 5.74) is 0. The van der Waals surface area contributed by atoms with Crippen LogP contribution in [0.15, 0.2) is 12.2 Å². The largest absolute Gasteiger partial charge is 0.0885 e. The molecule has 0 heterocycles. The van der Waals surface area contributed by atoms with Crippen molar-refractivity contribution in [1.29, 1.82) is 0 Å². The van der Waals surface area contributed by atoms with Gasteiger partial charge in [-0.2, -0.15) is 0 Å². The fourth-order valence-electron chi connectivity index (χ4n) is 1.57. The van der Waals surface area contributed by atoms with Crippen LogP contribution in [-0.2, 0) is 0 Å². The number of unbranched alkanes of at least 4 members (excludes halogenated alkanes) is 3. The summed E-state index contributed by atoms with van der Waals surface area (Å²) in [6.07, 6.45) is 14.1. The average Bonchev–Trinajstić information content (AvgIpc) is 2.11. The molecule has 0 aromatic rings. The minimum absolute atomic E-state index is 0.882. The van der Waals surface area contributed by atoms with E-state index in [1.807, 2.05) is 0 Å². The van der Waals surface area contributed by atoms with Crippen molar-refractivity contribution in [2.75, 3.05) is 0 Å². The Labute approximate surface area is 84.4 Å². The Balaban J connectivity index is 3.19. The van der Waals surface area contributed by atoms with Gasteiger partial charge in [0.05, 0.1) is 0 Å². The van der Waals surface area contributed by atoms with Crippen molar-refractivity contribution >= 4 is 0 Å². The maximum Gasteiger partial charge on any atom is -0.0325 e. The van der Waals surface area contributed by atoms with Gasteiger partial charge >= 0.3 is 0 Å². The Kier molecular flexibility index (Phi) is 9.63. The van der Waals surface area contributed by atoms with Gasteiger partial charge in [-0.05, 0) is 25.2 Å². The van der Waals surface area contributed by atoms with Crippen LogP contribution < -0.4 is 0 Å². The molecular weight excluding hydrogens is 156 g/mol. The minimum Gasteiger partial charge on any atom is -0.0885 e. The molecule has 78 valence electrons. The highest BCUT2D eigenvalue weighted by Gasteiger charge is 1.95. The smallest absolute Gasteiger partial charge is 0.0325 e. The highest BCUT2D eigenvalue weighted by atomic mass is 14.0. The molecule has 1 unspecified atom stereocenters. The lowest BCUT2D eigenvalue weighted by molar-refractivity contribution is 0.531. The molecule has 0 bridgehead atoms. The highest BCUT2D eigenvalue weighted by Crippen LogP contribution is 2.10. The van der Waals surface area contributed by atoms with E-state index in [9.17, 15) is 0 Å². The van der Waals surface area contributed by atoms with Crippen LogP contribution in [0, 0.1) is 5.92 Å². The molecule has 0 fully saturated rings. The molecule has 0 aliphatic carbocycles. The second kappa shape index (κ2) is 9.83. The quantitative estimate of drug-likeness (QED) is 0.368.